The van der Waals surface area contributed by atoms with E-state index in [0.29, 0.717) is 25.2 Å². The van der Waals surface area contributed by atoms with Crippen molar-refractivity contribution in [3.05, 3.63) is 0 Å². The minimum atomic E-state index is -0.0584. The third-order valence-corrected chi connectivity index (χ3v) is 3.46. The third-order valence-electron chi connectivity index (χ3n) is 3.46. The Balaban J connectivity index is 1.84. The lowest BCUT2D eigenvalue weighted by atomic mass is 10.2. The highest BCUT2D eigenvalue weighted by Crippen LogP contribution is 2.39. The summed E-state index contributed by atoms with van der Waals surface area (Å²) >= 11 is 0. The average molecular weight is 211 g/mol. The predicted molar refractivity (Wildman–Crippen MR) is 58.5 cm³/mol. The molecule has 0 aromatic carbocycles. The molecule has 1 unspecified atom stereocenters. The summed E-state index contributed by atoms with van der Waals surface area (Å²) in [4.78, 5) is 13.8. The molecular formula is C12H21NO2. The van der Waals surface area contributed by atoms with E-state index in [0.717, 1.165) is 5.92 Å². The van der Waals surface area contributed by atoms with Gasteiger partial charge in [-0.05, 0) is 45.4 Å². The summed E-state index contributed by atoms with van der Waals surface area (Å²) in [5.41, 5.74) is 0. The normalized spacial score (nSPS) is 22.9. The Bertz CT molecular complexity index is 234. The average Bonchev–Trinajstić information content (AvgIpc) is 3.05. The highest BCUT2D eigenvalue weighted by Gasteiger charge is 2.39. The smallest absolute Gasteiger partial charge is 0.320 e. The molecule has 0 radical (unpaired) electrons. The van der Waals surface area contributed by atoms with Crippen LogP contribution in [0.15, 0.2) is 0 Å². The molecule has 0 amide bonds. The summed E-state index contributed by atoms with van der Waals surface area (Å²) in [5.74, 6) is 0.775. The van der Waals surface area contributed by atoms with Gasteiger partial charge in [0.2, 0.25) is 0 Å². The Morgan fingerprint density at radius 2 is 2.07 bits per heavy atom. The number of esters is 1. The molecule has 2 saturated carbocycles. The molecular weight excluding hydrogens is 190 g/mol. The number of hydrogen-bond acceptors (Lipinski definition) is 3. The van der Waals surface area contributed by atoms with Crippen molar-refractivity contribution in [1.29, 1.82) is 0 Å². The second-order valence-electron chi connectivity index (χ2n) is 4.79. The molecule has 0 aliphatic heterocycles. The van der Waals surface area contributed by atoms with E-state index in [1.807, 2.05) is 6.92 Å². The largest absolute Gasteiger partial charge is 0.465 e. The summed E-state index contributed by atoms with van der Waals surface area (Å²) in [6, 6.07) is 1.23. The Morgan fingerprint density at radius 3 is 2.53 bits per heavy atom. The predicted octanol–water partition coefficient (Wildman–Crippen LogP) is 1.81. The minimum absolute atomic E-state index is 0.0584. The zero-order valence-electron chi connectivity index (χ0n) is 9.74. The first kappa shape index (κ1) is 10.9. The summed E-state index contributed by atoms with van der Waals surface area (Å²) in [5, 5.41) is 0. The molecule has 0 heterocycles. The third kappa shape index (κ3) is 2.94. The number of carbonyl (C=O) groups is 1. The molecule has 0 aromatic heterocycles. The molecule has 2 aliphatic carbocycles. The van der Waals surface area contributed by atoms with Gasteiger partial charge in [-0.3, -0.25) is 9.69 Å². The molecule has 0 bridgehead atoms. The van der Waals surface area contributed by atoms with Crippen LogP contribution in [0.1, 0.15) is 39.5 Å². The van der Waals surface area contributed by atoms with Crippen LogP contribution in [0.4, 0.5) is 0 Å². The Hall–Kier alpha value is -0.570. The topological polar surface area (TPSA) is 29.5 Å². The molecule has 15 heavy (non-hydrogen) atoms. The van der Waals surface area contributed by atoms with Crippen molar-refractivity contribution in [3.63, 3.8) is 0 Å². The number of ether oxygens (including phenoxy) is 1. The van der Waals surface area contributed by atoms with Crippen molar-refractivity contribution >= 4 is 5.97 Å². The van der Waals surface area contributed by atoms with E-state index in [1.54, 1.807) is 0 Å². The van der Waals surface area contributed by atoms with Crippen LogP contribution in [0.25, 0.3) is 0 Å². The Kier molecular flexibility index (Phi) is 3.29. The zero-order chi connectivity index (χ0) is 10.8. The fourth-order valence-corrected chi connectivity index (χ4v) is 2.22. The van der Waals surface area contributed by atoms with Gasteiger partial charge < -0.3 is 4.74 Å². The lowest BCUT2D eigenvalue weighted by Gasteiger charge is -2.28. The first-order valence-electron chi connectivity index (χ1n) is 6.13. The molecule has 0 aromatic rings. The highest BCUT2D eigenvalue weighted by molar-refractivity contribution is 5.71. The quantitative estimate of drug-likeness (QED) is 0.628. The van der Waals surface area contributed by atoms with E-state index < -0.39 is 0 Å². The zero-order valence-corrected chi connectivity index (χ0v) is 9.74. The molecule has 2 rings (SSSR count). The van der Waals surface area contributed by atoms with E-state index in [1.165, 1.54) is 25.7 Å². The maximum Gasteiger partial charge on any atom is 0.320 e. The van der Waals surface area contributed by atoms with Crippen molar-refractivity contribution in [3.8, 4) is 0 Å². The SMILES string of the molecule is CCOC(=O)CN(C1CC1)C(C)C1CC1. The number of rotatable bonds is 6. The maximum atomic E-state index is 11.5. The van der Waals surface area contributed by atoms with Crippen molar-refractivity contribution < 1.29 is 9.53 Å². The van der Waals surface area contributed by atoms with E-state index in [-0.39, 0.29) is 5.97 Å². The monoisotopic (exact) mass is 211 g/mol. The van der Waals surface area contributed by atoms with Crippen LogP contribution in [0.5, 0.6) is 0 Å². The highest BCUT2D eigenvalue weighted by atomic mass is 16.5. The van der Waals surface area contributed by atoms with Crippen LogP contribution in [-0.4, -0.2) is 36.1 Å². The summed E-state index contributed by atoms with van der Waals surface area (Å²) < 4.78 is 5.02. The lowest BCUT2D eigenvalue weighted by molar-refractivity contribution is -0.145. The molecule has 2 fully saturated rings. The van der Waals surface area contributed by atoms with Gasteiger partial charge in [-0.25, -0.2) is 0 Å². The van der Waals surface area contributed by atoms with Gasteiger partial charge in [0.05, 0.1) is 13.2 Å². The molecule has 0 saturated heterocycles. The summed E-state index contributed by atoms with van der Waals surface area (Å²) in [6.07, 6.45) is 5.20. The van der Waals surface area contributed by atoms with Gasteiger partial charge in [-0.15, -0.1) is 0 Å². The first-order chi connectivity index (χ1) is 7.22. The minimum Gasteiger partial charge on any atom is -0.465 e. The van der Waals surface area contributed by atoms with E-state index in [4.69, 9.17) is 4.74 Å². The van der Waals surface area contributed by atoms with Crippen LogP contribution >= 0.6 is 0 Å². The van der Waals surface area contributed by atoms with Crippen LogP contribution in [0.3, 0.4) is 0 Å². The fourth-order valence-electron chi connectivity index (χ4n) is 2.22. The van der Waals surface area contributed by atoms with Gasteiger partial charge in [0.25, 0.3) is 0 Å². The van der Waals surface area contributed by atoms with Gasteiger partial charge in [0.1, 0.15) is 0 Å². The second kappa shape index (κ2) is 4.52. The molecule has 3 heteroatoms. The van der Waals surface area contributed by atoms with Crippen molar-refractivity contribution in [2.45, 2.75) is 51.6 Å². The van der Waals surface area contributed by atoms with E-state index >= 15 is 0 Å². The van der Waals surface area contributed by atoms with E-state index in [2.05, 4.69) is 11.8 Å². The van der Waals surface area contributed by atoms with Crippen molar-refractivity contribution in [1.82, 2.24) is 4.90 Å². The summed E-state index contributed by atoms with van der Waals surface area (Å²) in [6.45, 7) is 5.12. The Labute approximate surface area is 91.8 Å². The standard InChI is InChI=1S/C12H21NO2/c1-3-15-12(14)8-13(11-6-7-11)9(2)10-4-5-10/h9-11H,3-8H2,1-2H3. The van der Waals surface area contributed by atoms with Crippen LogP contribution in [0.2, 0.25) is 0 Å². The number of nitrogens with zero attached hydrogens (tertiary/aromatic N) is 1. The number of carbonyl (C=O) groups excluding carboxylic acids is 1. The van der Waals surface area contributed by atoms with Crippen molar-refractivity contribution in [2.24, 2.45) is 5.92 Å². The van der Waals surface area contributed by atoms with Crippen LogP contribution in [-0.2, 0) is 9.53 Å². The molecule has 0 N–H and O–H groups in total. The van der Waals surface area contributed by atoms with Crippen LogP contribution < -0.4 is 0 Å². The second-order valence-corrected chi connectivity index (χ2v) is 4.79. The molecule has 1 atom stereocenters. The molecule has 2 aliphatic rings. The fraction of sp³-hybridized carbons (Fsp3) is 0.917. The van der Waals surface area contributed by atoms with E-state index in [9.17, 15) is 4.79 Å². The molecule has 3 nitrogen and oxygen atoms in total. The maximum absolute atomic E-state index is 11.5. The first-order valence-corrected chi connectivity index (χ1v) is 6.13. The van der Waals surface area contributed by atoms with Gasteiger partial charge in [-0.1, -0.05) is 0 Å². The van der Waals surface area contributed by atoms with Gasteiger partial charge in [0, 0.05) is 12.1 Å². The lowest BCUT2D eigenvalue weighted by Crippen LogP contribution is -2.40. The van der Waals surface area contributed by atoms with Crippen LogP contribution in [0, 0.1) is 5.92 Å². The van der Waals surface area contributed by atoms with Crippen molar-refractivity contribution in [2.75, 3.05) is 13.2 Å². The number of hydrogen-bond donors (Lipinski definition) is 0. The van der Waals surface area contributed by atoms with Gasteiger partial charge in [-0.2, -0.15) is 0 Å². The Morgan fingerprint density at radius 1 is 1.40 bits per heavy atom. The summed E-state index contributed by atoms with van der Waals surface area (Å²) in [7, 11) is 0. The molecule has 0 spiro atoms. The molecule has 86 valence electrons. The van der Waals surface area contributed by atoms with Gasteiger partial charge in [0.15, 0.2) is 0 Å². The van der Waals surface area contributed by atoms with Gasteiger partial charge >= 0.3 is 5.97 Å².